The van der Waals surface area contributed by atoms with Crippen LogP contribution in [0, 0.1) is 5.92 Å². The summed E-state index contributed by atoms with van der Waals surface area (Å²) in [6.45, 7) is 5.50. The van der Waals surface area contributed by atoms with E-state index in [0.717, 1.165) is 24.0 Å². The van der Waals surface area contributed by atoms with E-state index in [1.807, 2.05) is 48.5 Å². The van der Waals surface area contributed by atoms with E-state index in [9.17, 15) is 19.5 Å². The zero-order valence-corrected chi connectivity index (χ0v) is 26.4. The number of hydrogen-bond acceptors (Lipinski definition) is 9. The number of alkyl carbamates (subject to hydrolysis) is 1. The molecule has 1 fully saturated rings. The summed E-state index contributed by atoms with van der Waals surface area (Å²) < 4.78 is 23.8. The molecule has 2 aromatic carbocycles. The first-order valence-electron chi connectivity index (χ1n) is 15.8. The first kappa shape index (κ1) is 32.9. The molecule has 1 amide bonds. The molecule has 1 saturated heterocycles. The Labute approximate surface area is 267 Å². The largest absolute Gasteiger partial charge is 0.461 e. The van der Waals surface area contributed by atoms with Crippen molar-refractivity contribution in [3.05, 3.63) is 88.5 Å². The van der Waals surface area contributed by atoms with Crippen molar-refractivity contribution in [2.24, 2.45) is 5.92 Å². The van der Waals surface area contributed by atoms with Gasteiger partial charge in [0, 0.05) is 18.2 Å². The van der Waals surface area contributed by atoms with Gasteiger partial charge in [-0.1, -0.05) is 88.2 Å². The SMILES string of the molecule is CCCCCc1ccc(-c2cc3cn([C@H]4C[C@H](O)[C@@H](COC(=O)[C@@H](NC(=O)OCc5ccccc5)C(C)C)O4)c(=O)nc3o2)cc1. The van der Waals surface area contributed by atoms with Gasteiger partial charge in [0.2, 0.25) is 5.71 Å². The lowest BCUT2D eigenvalue weighted by Gasteiger charge is -2.22. The number of nitrogens with zero attached hydrogens (tertiary/aromatic N) is 2. The Morgan fingerprint density at radius 1 is 1.07 bits per heavy atom. The van der Waals surface area contributed by atoms with Crippen LogP contribution in [0.25, 0.3) is 22.4 Å². The van der Waals surface area contributed by atoms with Gasteiger partial charge in [0.05, 0.1) is 11.5 Å². The van der Waals surface area contributed by atoms with Crippen molar-refractivity contribution in [1.29, 1.82) is 0 Å². The molecule has 4 aromatic rings. The molecule has 1 aliphatic heterocycles. The highest BCUT2D eigenvalue weighted by molar-refractivity contribution is 5.81. The maximum atomic E-state index is 12.9. The molecule has 46 heavy (non-hydrogen) atoms. The van der Waals surface area contributed by atoms with Crippen LogP contribution in [0.5, 0.6) is 0 Å². The van der Waals surface area contributed by atoms with Gasteiger partial charge >= 0.3 is 17.8 Å². The number of fused-ring (bicyclic) bond motifs is 1. The lowest BCUT2D eigenvalue weighted by molar-refractivity contribution is -0.153. The van der Waals surface area contributed by atoms with Gasteiger partial charge < -0.3 is 29.1 Å². The second kappa shape index (κ2) is 15.2. The van der Waals surface area contributed by atoms with Gasteiger partial charge in [-0.05, 0) is 36.0 Å². The van der Waals surface area contributed by atoms with E-state index < -0.39 is 42.2 Å². The molecule has 2 aromatic heterocycles. The minimum Gasteiger partial charge on any atom is -0.461 e. The third-order valence-corrected chi connectivity index (χ3v) is 8.05. The number of aliphatic hydroxyl groups is 1. The Morgan fingerprint density at radius 3 is 2.54 bits per heavy atom. The minimum absolute atomic E-state index is 0.0580. The summed E-state index contributed by atoms with van der Waals surface area (Å²) in [5, 5.41) is 13.9. The maximum absolute atomic E-state index is 12.9. The number of nitrogens with one attached hydrogen (secondary N) is 1. The number of carbonyl (C=O) groups is 2. The highest BCUT2D eigenvalue weighted by Gasteiger charge is 2.37. The summed E-state index contributed by atoms with van der Waals surface area (Å²) in [4.78, 5) is 42.3. The second-order valence-corrected chi connectivity index (χ2v) is 11.9. The normalized spacial score (nSPS) is 18.5. The topological polar surface area (TPSA) is 142 Å². The zero-order valence-electron chi connectivity index (χ0n) is 26.4. The van der Waals surface area contributed by atoms with E-state index in [-0.39, 0.29) is 31.3 Å². The molecule has 11 nitrogen and oxygen atoms in total. The molecule has 5 rings (SSSR count). The number of furan rings is 1. The second-order valence-electron chi connectivity index (χ2n) is 11.9. The lowest BCUT2D eigenvalue weighted by Crippen LogP contribution is -2.46. The first-order valence-corrected chi connectivity index (χ1v) is 15.8. The van der Waals surface area contributed by atoms with Gasteiger partial charge in [-0.25, -0.2) is 14.4 Å². The fourth-order valence-electron chi connectivity index (χ4n) is 5.37. The maximum Gasteiger partial charge on any atom is 0.408 e. The predicted octanol–water partition coefficient (Wildman–Crippen LogP) is 5.53. The number of esters is 1. The molecule has 1 aliphatic rings. The lowest BCUT2D eigenvalue weighted by atomic mass is 10.0. The van der Waals surface area contributed by atoms with Crippen LogP contribution in [0.4, 0.5) is 4.79 Å². The van der Waals surface area contributed by atoms with E-state index in [1.165, 1.54) is 23.0 Å². The molecular weight excluding hydrogens is 590 g/mol. The van der Waals surface area contributed by atoms with E-state index in [1.54, 1.807) is 20.0 Å². The Morgan fingerprint density at radius 2 is 1.83 bits per heavy atom. The van der Waals surface area contributed by atoms with Gasteiger partial charge in [-0.3, -0.25) is 4.57 Å². The van der Waals surface area contributed by atoms with Crippen molar-refractivity contribution >= 4 is 23.2 Å². The van der Waals surface area contributed by atoms with Gasteiger partial charge in [-0.15, -0.1) is 0 Å². The van der Waals surface area contributed by atoms with Gasteiger partial charge in [0.1, 0.15) is 37.3 Å². The third kappa shape index (κ3) is 8.21. The minimum atomic E-state index is -1.00. The van der Waals surface area contributed by atoms with Gasteiger partial charge in [0.25, 0.3) is 0 Å². The number of amides is 1. The Balaban J connectivity index is 1.18. The van der Waals surface area contributed by atoms with Gasteiger partial charge in [0.15, 0.2) is 0 Å². The average molecular weight is 632 g/mol. The standard InChI is InChI=1S/C35H41N3O8/c1-4-5-7-10-23-13-15-25(16-14-23)28-17-26-19-38(34(41)37-32(26)46-28)30-18-27(39)29(45-30)21-43-33(40)31(22(2)3)36-35(42)44-20-24-11-8-6-9-12-24/h6,8-9,11-17,19,22,27,29-31,39H,4-5,7,10,18,20-21H2,1-3H3,(H,36,42)/t27-,29+,30+,31-/m0/s1. The highest BCUT2D eigenvalue weighted by atomic mass is 16.6. The van der Waals surface area contributed by atoms with Crippen molar-refractivity contribution in [3.8, 4) is 11.3 Å². The number of unbranched alkanes of at least 4 members (excludes halogenated alkanes) is 2. The number of ether oxygens (including phenoxy) is 3. The molecule has 4 atom stereocenters. The van der Waals surface area contributed by atoms with E-state index in [4.69, 9.17) is 18.6 Å². The molecule has 2 N–H and O–H groups in total. The van der Waals surface area contributed by atoms with Crippen LogP contribution >= 0.6 is 0 Å². The van der Waals surface area contributed by atoms with Crippen molar-refractivity contribution < 1.29 is 33.3 Å². The Kier molecular flexibility index (Phi) is 10.9. The Hall–Kier alpha value is -4.48. The monoisotopic (exact) mass is 631 g/mol. The van der Waals surface area contributed by atoms with Gasteiger partial charge in [-0.2, -0.15) is 4.98 Å². The van der Waals surface area contributed by atoms with E-state index >= 15 is 0 Å². The summed E-state index contributed by atoms with van der Waals surface area (Å²) in [5.74, 6) is -0.390. The number of benzene rings is 2. The van der Waals surface area contributed by atoms with E-state index in [0.29, 0.717) is 11.1 Å². The zero-order chi connectivity index (χ0) is 32.6. The average Bonchev–Trinajstić information content (AvgIpc) is 3.64. The molecular formula is C35H41N3O8. The summed E-state index contributed by atoms with van der Waals surface area (Å²) in [6.07, 6.45) is 2.79. The third-order valence-electron chi connectivity index (χ3n) is 8.05. The molecule has 0 saturated carbocycles. The summed E-state index contributed by atoms with van der Waals surface area (Å²) in [6, 6.07) is 18.2. The molecule has 0 unspecified atom stereocenters. The van der Waals surface area contributed by atoms with Crippen LogP contribution < -0.4 is 11.0 Å². The van der Waals surface area contributed by atoms with Crippen LogP contribution in [0.1, 0.15) is 63.8 Å². The first-order chi connectivity index (χ1) is 22.2. The number of carbonyl (C=O) groups excluding carboxylic acids is 2. The number of hydrogen-bond donors (Lipinski definition) is 2. The van der Waals surface area contributed by atoms with Crippen molar-refractivity contribution in [1.82, 2.24) is 14.9 Å². The molecule has 3 heterocycles. The quantitative estimate of drug-likeness (QED) is 0.144. The van der Waals surface area contributed by atoms with Crippen LogP contribution in [0.2, 0.25) is 0 Å². The molecule has 0 radical (unpaired) electrons. The number of rotatable bonds is 13. The fraction of sp³-hybridized carbons (Fsp3) is 0.429. The van der Waals surface area contributed by atoms with Crippen LogP contribution in [0.15, 0.2) is 76.1 Å². The smallest absolute Gasteiger partial charge is 0.408 e. The molecule has 0 aliphatic carbocycles. The fourth-order valence-corrected chi connectivity index (χ4v) is 5.37. The van der Waals surface area contributed by atoms with Crippen LogP contribution in [-0.4, -0.2) is 51.6 Å². The van der Waals surface area contributed by atoms with E-state index in [2.05, 4.69) is 29.4 Å². The molecule has 0 bridgehead atoms. The van der Waals surface area contributed by atoms with Crippen LogP contribution in [0.3, 0.4) is 0 Å². The predicted molar refractivity (Wildman–Crippen MR) is 171 cm³/mol. The van der Waals surface area contributed by atoms with Crippen molar-refractivity contribution in [3.63, 3.8) is 0 Å². The Bertz CT molecular complexity index is 1660. The van der Waals surface area contributed by atoms with Crippen molar-refractivity contribution in [2.45, 2.75) is 84.0 Å². The summed E-state index contributed by atoms with van der Waals surface area (Å²) >= 11 is 0. The molecule has 0 spiro atoms. The number of aliphatic hydroxyl groups excluding tert-OH is 1. The van der Waals surface area contributed by atoms with Crippen LogP contribution in [-0.2, 0) is 32.0 Å². The number of aryl methyl sites for hydroxylation is 1. The molecule has 11 heteroatoms. The summed E-state index contributed by atoms with van der Waals surface area (Å²) in [7, 11) is 0. The summed E-state index contributed by atoms with van der Waals surface area (Å²) in [5.41, 5.74) is 2.58. The van der Waals surface area contributed by atoms with Crippen molar-refractivity contribution in [2.75, 3.05) is 6.61 Å². The number of aromatic nitrogens is 2. The molecule has 244 valence electrons. The highest BCUT2D eigenvalue weighted by Crippen LogP contribution is 2.31.